The van der Waals surface area contributed by atoms with E-state index < -0.39 is 0 Å². The second kappa shape index (κ2) is 8.29. The Kier molecular flexibility index (Phi) is 5.18. The van der Waals surface area contributed by atoms with Crippen molar-refractivity contribution in [3.63, 3.8) is 0 Å². The van der Waals surface area contributed by atoms with Crippen LogP contribution in [0.15, 0.2) is 54.9 Å². The van der Waals surface area contributed by atoms with Gasteiger partial charge in [0.05, 0.1) is 5.69 Å². The molecule has 1 aliphatic heterocycles. The molecular formula is C29H30N6O. The van der Waals surface area contributed by atoms with Crippen LogP contribution in [-0.2, 0) is 12.5 Å². The van der Waals surface area contributed by atoms with Crippen LogP contribution in [0.5, 0.6) is 0 Å². The number of nitrogens with zero attached hydrogens (tertiary/aromatic N) is 4. The lowest BCUT2D eigenvalue weighted by atomic mass is 9.79. The molecule has 0 spiro atoms. The minimum Gasteiger partial charge on any atom is -0.351 e. The van der Waals surface area contributed by atoms with E-state index in [0.717, 1.165) is 45.0 Å². The van der Waals surface area contributed by atoms with E-state index in [0.29, 0.717) is 18.3 Å². The van der Waals surface area contributed by atoms with Gasteiger partial charge in [0, 0.05) is 65.3 Å². The van der Waals surface area contributed by atoms with Crippen LogP contribution in [0.2, 0.25) is 0 Å². The highest BCUT2D eigenvalue weighted by atomic mass is 16.1. The number of fused-ring (bicyclic) bond motifs is 1. The number of benzene rings is 2. The predicted octanol–water partition coefficient (Wildman–Crippen LogP) is 5.49. The summed E-state index contributed by atoms with van der Waals surface area (Å²) in [6, 6.07) is 14.1. The third kappa shape index (κ3) is 4.04. The van der Waals surface area contributed by atoms with Crippen LogP contribution >= 0.6 is 0 Å². The number of rotatable bonds is 5. The zero-order valence-corrected chi connectivity index (χ0v) is 21.1. The second-order valence-corrected chi connectivity index (χ2v) is 10.6. The van der Waals surface area contributed by atoms with Crippen molar-refractivity contribution < 1.29 is 4.79 Å². The topological polar surface area (TPSA) is 84.7 Å². The first-order valence-corrected chi connectivity index (χ1v) is 12.5. The number of amides is 1. The first-order chi connectivity index (χ1) is 17.3. The summed E-state index contributed by atoms with van der Waals surface area (Å²) in [6.07, 6.45) is 6.43. The maximum absolute atomic E-state index is 12.3. The number of hydrogen-bond acceptors (Lipinski definition) is 5. The maximum atomic E-state index is 12.3. The molecule has 1 saturated carbocycles. The van der Waals surface area contributed by atoms with Crippen molar-refractivity contribution in [3.05, 3.63) is 77.4 Å². The third-order valence-corrected chi connectivity index (χ3v) is 7.21. The van der Waals surface area contributed by atoms with Crippen molar-refractivity contribution in [3.8, 4) is 22.6 Å². The molecule has 2 N–H and O–H groups in total. The van der Waals surface area contributed by atoms with E-state index in [2.05, 4.69) is 77.6 Å². The lowest BCUT2D eigenvalue weighted by Crippen LogP contribution is -2.43. The fourth-order valence-electron chi connectivity index (χ4n) is 4.85. The molecule has 7 nitrogen and oxygen atoms in total. The molecule has 3 heterocycles. The molecular weight excluding hydrogens is 448 g/mol. The number of carbonyl (C=O) groups excluding carboxylic acids is 1. The van der Waals surface area contributed by atoms with E-state index in [1.807, 2.05) is 25.3 Å². The van der Waals surface area contributed by atoms with E-state index in [4.69, 9.17) is 9.97 Å². The van der Waals surface area contributed by atoms with Crippen molar-refractivity contribution >= 4 is 17.4 Å². The van der Waals surface area contributed by atoms with Crippen molar-refractivity contribution in [2.45, 2.75) is 44.9 Å². The largest absolute Gasteiger partial charge is 0.351 e. The quantitative estimate of drug-likeness (QED) is 0.396. The highest BCUT2D eigenvalue weighted by molar-refractivity contribution is 5.98. The molecule has 6 rings (SSSR count). The Labute approximate surface area is 211 Å². The number of aryl methyl sites for hydroxylation is 2. The first-order valence-electron chi connectivity index (χ1n) is 12.5. The van der Waals surface area contributed by atoms with E-state index in [1.165, 1.54) is 18.7 Å². The van der Waals surface area contributed by atoms with Crippen LogP contribution in [-0.4, -0.2) is 32.0 Å². The van der Waals surface area contributed by atoms with Gasteiger partial charge in [-0.05, 0) is 43.5 Å². The Hall–Kier alpha value is -4.00. The molecule has 0 bridgehead atoms. The van der Waals surface area contributed by atoms with Crippen molar-refractivity contribution in [1.29, 1.82) is 0 Å². The highest BCUT2D eigenvalue weighted by Crippen LogP contribution is 2.40. The van der Waals surface area contributed by atoms with E-state index in [-0.39, 0.29) is 11.3 Å². The van der Waals surface area contributed by atoms with E-state index in [9.17, 15) is 4.79 Å². The molecule has 36 heavy (non-hydrogen) atoms. The monoisotopic (exact) mass is 478 g/mol. The lowest BCUT2D eigenvalue weighted by molar-refractivity contribution is 0.0930. The molecule has 4 aromatic rings. The van der Waals surface area contributed by atoms with Crippen LogP contribution in [0.4, 0.5) is 11.5 Å². The summed E-state index contributed by atoms with van der Waals surface area (Å²) in [5, 5.41) is 6.43. The zero-order chi connectivity index (χ0) is 25.0. The van der Waals surface area contributed by atoms with Crippen LogP contribution < -0.4 is 10.6 Å². The molecule has 0 atom stereocenters. The van der Waals surface area contributed by atoms with Gasteiger partial charge in [0.25, 0.3) is 5.91 Å². The number of carbonyl (C=O) groups is 1. The van der Waals surface area contributed by atoms with Gasteiger partial charge >= 0.3 is 0 Å². The number of nitrogens with one attached hydrogen (secondary N) is 2. The van der Waals surface area contributed by atoms with Crippen molar-refractivity contribution in [1.82, 2.24) is 24.8 Å². The second-order valence-electron chi connectivity index (χ2n) is 10.6. The van der Waals surface area contributed by atoms with Gasteiger partial charge in [-0.3, -0.25) is 4.79 Å². The standard InChI is InChI=1S/C29H30N6O/c1-17-14-30-26(19-7-5-18(6-8-19)24-15-35(4)27(33-24)20-9-10-20)34-25(17)32-21-11-12-22-23(13-21)29(2,3)16-31-28(22)36/h5-8,11-15,20H,9-10,16H2,1-4H3,(H,31,36)(H,30,32,34). The summed E-state index contributed by atoms with van der Waals surface area (Å²) in [5.74, 6) is 3.19. The number of hydrogen-bond donors (Lipinski definition) is 2. The first kappa shape index (κ1) is 22.5. The Morgan fingerprint density at radius 2 is 1.81 bits per heavy atom. The molecule has 0 unspecified atom stereocenters. The van der Waals surface area contributed by atoms with Gasteiger partial charge in [-0.15, -0.1) is 0 Å². The molecule has 182 valence electrons. The fourth-order valence-corrected chi connectivity index (χ4v) is 4.85. The zero-order valence-electron chi connectivity index (χ0n) is 21.1. The average molecular weight is 479 g/mol. The molecule has 2 aromatic carbocycles. The number of aromatic nitrogens is 4. The molecule has 1 amide bonds. The van der Waals surface area contributed by atoms with Gasteiger partial charge < -0.3 is 15.2 Å². The molecule has 7 heteroatoms. The molecule has 1 fully saturated rings. The van der Waals surface area contributed by atoms with E-state index >= 15 is 0 Å². The normalized spacial score (nSPS) is 16.4. The maximum Gasteiger partial charge on any atom is 0.251 e. The molecule has 2 aliphatic rings. The summed E-state index contributed by atoms with van der Waals surface area (Å²) < 4.78 is 2.15. The van der Waals surface area contributed by atoms with Gasteiger partial charge in [0.2, 0.25) is 0 Å². The van der Waals surface area contributed by atoms with Crippen LogP contribution in [0.3, 0.4) is 0 Å². The fraction of sp³-hybridized carbons (Fsp3) is 0.310. The SMILES string of the molecule is Cc1cnc(-c2ccc(-c3cn(C)c(C4CC4)n3)cc2)nc1Nc1ccc2c(c1)C(C)(C)CNC2=O. The number of imidazole rings is 1. The minimum absolute atomic E-state index is 0.0192. The smallest absolute Gasteiger partial charge is 0.251 e. The summed E-state index contributed by atoms with van der Waals surface area (Å²) in [7, 11) is 2.07. The minimum atomic E-state index is -0.137. The summed E-state index contributed by atoms with van der Waals surface area (Å²) in [5.41, 5.74) is 6.53. The summed E-state index contributed by atoms with van der Waals surface area (Å²) in [6.45, 7) is 6.90. The van der Waals surface area contributed by atoms with Crippen molar-refractivity contribution in [2.24, 2.45) is 7.05 Å². The van der Waals surface area contributed by atoms with Gasteiger partial charge in [-0.1, -0.05) is 38.1 Å². The summed E-state index contributed by atoms with van der Waals surface area (Å²) in [4.78, 5) is 26.6. The highest BCUT2D eigenvalue weighted by Gasteiger charge is 2.31. The molecule has 2 aromatic heterocycles. The van der Waals surface area contributed by atoms with Crippen molar-refractivity contribution in [2.75, 3.05) is 11.9 Å². The predicted molar refractivity (Wildman–Crippen MR) is 141 cm³/mol. The van der Waals surface area contributed by atoms with E-state index in [1.54, 1.807) is 0 Å². The third-order valence-electron chi connectivity index (χ3n) is 7.21. The van der Waals surface area contributed by atoms with Gasteiger partial charge in [0.1, 0.15) is 11.6 Å². The van der Waals surface area contributed by atoms with Crippen LogP contribution in [0.25, 0.3) is 22.6 Å². The average Bonchev–Trinajstić information content (AvgIpc) is 3.64. The van der Waals surface area contributed by atoms with Gasteiger partial charge in [-0.2, -0.15) is 0 Å². The Balaban J connectivity index is 1.26. The Bertz CT molecular complexity index is 1480. The van der Waals surface area contributed by atoms with Gasteiger partial charge in [0.15, 0.2) is 5.82 Å². The molecule has 1 aliphatic carbocycles. The van der Waals surface area contributed by atoms with Crippen LogP contribution in [0.1, 0.15) is 59.9 Å². The van der Waals surface area contributed by atoms with Crippen LogP contribution in [0, 0.1) is 6.92 Å². The number of anilines is 2. The molecule has 0 radical (unpaired) electrons. The molecule has 0 saturated heterocycles. The van der Waals surface area contributed by atoms with Gasteiger partial charge in [-0.25, -0.2) is 15.0 Å². The Morgan fingerprint density at radius 1 is 1.06 bits per heavy atom. The lowest BCUT2D eigenvalue weighted by Gasteiger charge is -2.32. The summed E-state index contributed by atoms with van der Waals surface area (Å²) >= 11 is 0. The Morgan fingerprint density at radius 3 is 2.56 bits per heavy atom.